The van der Waals surface area contributed by atoms with Gasteiger partial charge in [-0.1, -0.05) is 32.9 Å². The molecule has 2 unspecified atom stereocenters. The zero-order chi connectivity index (χ0) is 26.4. The van der Waals surface area contributed by atoms with Crippen molar-refractivity contribution in [1.29, 1.82) is 0 Å². The fourth-order valence-electron chi connectivity index (χ4n) is 3.37. The minimum Gasteiger partial charge on any atom is -0.459 e. The first kappa shape index (κ1) is 28.7. The van der Waals surface area contributed by atoms with Crippen LogP contribution in [-0.4, -0.2) is 35.4 Å². The van der Waals surface area contributed by atoms with E-state index in [-0.39, 0.29) is 11.6 Å². The second-order valence-electron chi connectivity index (χ2n) is 9.79. The van der Waals surface area contributed by atoms with Crippen molar-refractivity contribution >= 4 is 39.2 Å². The van der Waals surface area contributed by atoms with E-state index in [0.717, 1.165) is 17.7 Å². The van der Waals surface area contributed by atoms with Crippen LogP contribution in [0.4, 0.5) is 5.69 Å². The molecule has 9 nitrogen and oxygen atoms in total. The normalized spacial score (nSPS) is 13.8. The molecule has 194 valence electrons. The molecule has 0 saturated carbocycles. The molecule has 1 aromatic heterocycles. The van der Waals surface area contributed by atoms with Gasteiger partial charge in [0.15, 0.2) is 0 Å². The number of amides is 1. The minimum absolute atomic E-state index is 0.103. The van der Waals surface area contributed by atoms with E-state index in [4.69, 9.17) is 9.29 Å². The van der Waals surface area contributed by atoms with E-state index in [0.29, 0.717) is 17.8 Å². The number of carbonyl (C=O) groups excluding carboxylic acids is 2. The average molecular weight is 526 g/mol. The van der Waals surface area contributed by atoms with Gasteiger partial charge in [-0.05, 0) is 63.6 Å². The minimum atomic E-state index is -4.37. The van der Waals surface area contributed by atoms with Crippen LogP contribution in [0.1, 0.15) is 70.3 Å². The third-order valence-corrected chi connectivity index (χ3v) is 6.40. The lowest BCUT2D eigenvalue weighted by atomic mass is 9.95. The van der Waals surface area contributed by atoms with E-state index in [1.54, 1.807) is 32.9 Å². The number of aromatic nitrogens is 1. The molecule has 1 amide bonds. The van der Waals surface area contributed by atoms with Gasteiger partial charge in [-0.25, -0.2) is 4.98 Å². The molecule has 0 fully saturated rings. The average Bonchev–Trinajstić information content (AvgIpc) is 3.19. The number of rotatable bonds is 11. The van der Waals surface area contributed by atoms with Gasteiger partial charge < -0.3 is 10.1 Å². The third-order valence-electron chi connectivity index (χ3n) is 4.90. The summed E-state index contributed by atoms with van der Waals surface area (Å²) < 4.78 is 38.5. The predicted molar refractivity (Wildman–Crippen MR) is 136 cm³/mol. The summed E-state index contributed by atoms with van der Waals surface area (Å²) in [6.45, 7) is 11.2. The maximum absolute atomic E-state index is 13.3. The number of carbonyl (C=O) groups is 2. The number of benzene rings is 1. The molecular formula is C24H35N3O6S2. The highest BCUT2D eigenvalue weighted by atomic mass is 32.2. The summed E-state index contributed by atoms with van der Waals surface area (Å²) in [5.74, 6) is -1.83. The first-order chi connectivity index (χ1) is 16.2. The van der Waals surface area contributed by atoms with Crippen LogP contribution in [0.5, 0.6) is 0 Å². The molecule has 1 aromatic carbocycles. The third kappa shape index (κ3) is 9.95. The number of nitrogens with zero attached hydrogens (tertiary/aromatic N) is 1. The molecule has 0 bridgehead atoms. The Morgan fingerprint density at radius 3 is 2.29 bits per heavy atom. The van der Waals surface area contributed by atoms with E-state index in [2.05, 4.69) is 10.3 Å². The van der Waals surface area contributed by atoms with Gasteiger partial charge >= 0.3 is 16.3 Å². The molecule has 11 heteroatoms. The molecule has 2 aromatic rings. The monoisotopic (exact) mass is 525 g/mol. The van der Waals surface area contributed by atoms with Crippen LogP contribution in [0.15, 0.2) is 29.6 Å². The largest absolute Gasteiger partial charge is 0.459 e. The van der Waals surface area contributed by atoms with Crippen molar-refractivity contribution < 1.29 is 27.3 Å². The Bertz CT molecular complexity index is 1110. The number of anilines is 1. The van der Waals surface area contributed by atoms with Crippen LogP contribution in [0.25, 0.3) is 0 Å². The topological polar surface area (TPSA) is 135 Å². The maximum atomic E-state index is 13.3. The molecule has 2 atom stereocenters. The van der Waals surface area contributed by atoms with E-state index in [1.807, 2.05) is 30.9 Å². The second kappa shape index (κ2) is 12.0. The standard InChI is InChI=1S/C24H35N3O6S2/c1-7-17-14-34-22(25-17)20(13-16-8-10-18(11-9-16)27-35(30,31)32)26-21(28)19(12-15(2)3)23(29)33-24(4,5)6/h8-11,14-15,19-20,27H,7,12-13H2,1-6H3,(H,26,28)(H,30,31,32). The molecule has 3 N–H and O–H groups in total. The summed E-state index contributed by atoms with van der Waals surface area (Å²) in [5, 5.41) is 5.65. The Morgan fingerprint density at radius 2 is 1.80 bits per heavy atom. The summed E-state index contributed by atoms with van der Waals surface area (Å²) in [6.07, 6.45) is 1.47. The highest BCUT2D eigenvalue weighted by Gasteiger charge is 2.33. The Labute approximate surface area is 211 Å². The summed E-state index contributed by atoms with van der Waals surface area (Å²) in [5.41, 5.74) is 1.21. The van der Waals surface area contributed by atoms with Gasteiger partial charge in [0.05, 0.1) is 17.4 Å². The van der Waals surface area contributed by atoms with E-state index in [1.165, 1.54) is 23.5 Å². The van der Waals surface area contributed by atoms with Gasteiger partial charge in [0, 0.05) is 5.38 Å². The smallest absolute Gasteiger partial charge is 0.357 e. The number of hydrogen-bond acceptors (Lipinski definition) is 7. The molecule has 1 heterocycles. The summed E-state index contributed by atoms with van der Waals surface area (Å²) in [7, 11) is -4.37. The Balaban J connectivity index is 2.29. The lowest BCUT2D eigenvalue weighted by molar-refractivity contribution is -0.163. The fraction of sp³-hybridized carbons (Fsp3) is 0.542. The van der Waals surface area contributed by atoms with Crippen molar-refractivity contribution in [3.63, 3.8) is 0 Å². The number of thiazole rings is 1. The molecule has 0 spiro atoms. The van der Waals surface area contributed by atoms with Gasteiger partial charge in [0.2, 0.25) is 5.91 Å². The number of nitrogens with one attached hydrogen (secondary N) is 2. The lowest BCUT2D eigenvalue weighted by Gasteiger charge is -2.26. The number of aryl methyl sites for hydroxylation is 1. The van der Waals surface area contributed by atoms with Crippen LogP contribution < -0.4 is 10.0 Å². The van der Waals surface area contributed by atoms with Crippen molar-refractivity contribution in [2.75, 3.05) is 4.72 Å². The van der Waals surface area contributed by atoms with Gasteiger partial charge in [0.1, 0.15) is 16.5 Å². The summed E-state index contributed by atoms with van der Waals surface area (Å²) >= 11 is 1.43. The molecule has 0 aliphatic carbocycles. The first-order valence-corrected chi connectivity index (χ1v) is 13.8. The van der Waals surface area contributed by atoms with Crippen LogP contribution in [0.3, 0.4) is 0 Å². The Hall–Kier alpha value is -2.50. The zero-order valence-electron chi connectivity index (χ0n) is 21.0. The lowest BCUT2D eigenvalue weighted by Crippen LogP contribution is -2.41. The summed E-state index contributed by atoms with van der Waals surface area (Å²) in [4.78, 5) is 30.8. The zero-order valence-corrected chi connectivity index (χ0v) is 22.6. The van der Waals surface area contributed by atoms with E-state index < -0.39 is 39.7 Å². The number of ether oxygens (including phenoxy) is 1. The molecular weight excluding hydrogens is 490 g/mol. The van der Waals surface area contributed by atoms with Gasteiger partial charge in [-0.3, -0.25) is 18.9 Å². The van der Waals surface area contributed by atoms with Crippen LogP contribution in [-0.2, 0) is 37.5 Å². The van der Waals surface area contributed by atoms with Crippen LogP contribution >= 0.6 is 11.3 Å². The predicted octanol–water partition coefficient (Wildman–Crippen LogP) is 4.32. The fourth-order valence-corrected chi connectivity index (χ4v) is 4.75. The van der Waals surface area contributed by atoms with Crippen molar-refractivity contribution in [2.45, 2.75) is 72.4 Å². The van der Waals surface area contributed by atoms with E-state index in [9.17, 15) is 18.0 Å². The van der Waals surface area contributed by atoms with Gasteiger partial charge in [-0.15, -0.1) is 11.3 Å². The molecule has 2 rings (SSSR count). The number of hydrogen-bond donors (Lipinski definition) is 3. The van der Waals surface area contributed by atoms with Crippen LogP contribution in [0.2, 0.25) is 0 Å². The summed E-state index contributed by atoms with van der Waals surface area (Å²) in [6, 6.07) is 5.93. The molecule has 0 aliphatic heterocycles. The second-order valence-corrected chi connectivity index (χ2v) is 11.8. The molecule has 0 aliphatic rings. The van der Waals surface area contributed by atoms with Gasteiger partial charge in [-0.2, -0.15) is 8.42 Å². The molecule has 0 radical (unpaired) electrons. The van der Waals surface area contributed by atoms with E-state index >= 15 is 0 Å². The Morgan fingerprint density at radius 1 is 1.17 bits per heavy atom. The van der Waals surface area contributed by atoms with Crippen molar-refractivity contribution in [3.8, 4) is 0 Å². The molecule has 0 saturated heterocycles. The first-order valence-electron chi connectivity index (χ1n) is 11.5. The van der Waals surface area contributed by atoms with Crippen molar-refractivity contribution in [3.05, 3.63) is 45.9 Å². The van der Waals surface area contributed by atoms with Crippen molar-refractivity contribution in [1.82, 2.24) is 10.3 Å². The maximum Gasteiger partial charge on any atom is 0.357 e. The molecule has 35 heavy (non-hydrogen) atoms. The SMILES string of the molecule is CCc1csc(C(Cc2ccc(NS(=O)(=O)O)cc2)NC(=O)C(CC(C)C)C(=O)OC(C)(C)C)n1. The van der Waals surface area contributed by atoms with Gasteiger partial charge in [0.25, 0.3) is 0 Å². The van der Waals surface area contributed by atoms with Crippen LogP contribution in [0, 0.1) is 11.8 Å². The Kier molecular flexibility index (Phi) is 9.82. The quantitative estimate of drug-likeness (QED) is 0.226. The highest BCUT2D eigenvalue weighted by Crippen LogP contribution is 2.26. The van der Waals surface area contributed by atoms with Crippen molar-refractivity contribution in [2.24, 2.45) is 11.8 Å². The number of esters is 1. The highest BCUT2D eigenvalue weighted by molar-refractivity contribution is 7.87.